The zero-order valence-electron chi connectivity index (χ0n) is 14.3. The van der Waals surface area contributed by atoms with Crippen molar-refractivity contribution in [2.45, 2.75) is 39.8 Å². The second-order valence-corrected chi connectivity index (χ2v) is 6.95. The third-order valence-corrected chi connectivity index (χ3v) is 4.26. The van der Waals surface area contributed by atoms with E-state index < -0.39 is 0 Å². The lowest BCUT2D eigenvalue weighted by molar-refractivity contribution is -0.133. The van der Waals surface area contributed by atoms with Gasteiger partial charge in [-0.05, 0) is 24.8 Å². The van der Waals surface area contributed by atoms with Crippen LogP contribution in [0.5, 0.6) is 0 Å². The summed E-state index contributed by atoms with van der Waals surface area (Å²) >= 11 is 0. The molecule has 5 heteroatoms. The van der Waals surface area contributed by atoms with Gasteiger partial charge in [-0.15, -0.1) is 0 Å². The lowest BCUT2D eigenvalue weighted by Crippen LogP contribution is -2.35. The highest BCUT2D eigenvalue weighted by Gasteiger charge is 2.34. The van der Waals surface area contributed by atoms with Crippen LogP contribution in [0, 0.1) is 17.7 Å². The van der Waals surface area contributed by atoms with Crippen molar-refractivity contribution < 1.29 is 9.18 Å². The van der Waals surface area contributed by atoms with Crippen molar-refractivity contribution in [3.8, 4) is 0 Å². The van der Waals surface area contributed by atoms with Gasteiger partial charge in [-0.2, -0.15) is 0 Å². The first-order valence-electron chi connectivity index (χ1n) is 8.56. The molecule has 1 aliphatic carbocycles. The van der Waals surface area contributed by atoms with Crippen molar-refractivity contribution in [3.63, 3.8) is 0 Å². The maximum Gasteiger partial charge on any atom is 0.226 e. The van der Waals surface area contributed by atoms with E-state index in [-0.39, 0.29) is 17.6 Å². The molecule has 0 unspecified atom stereocenters. The number of carbonyl (C=O) groups excluding carboxylic acids is 1. The predicted molar refractivity (Wildman–Crippen MR) is 90.7 cm³/mol. The molecule has 1 aliphatic rings. The number of rotatable bonds is 7. The van der Waals surface area contributed by atoms with E-state index in [9.17, 15) is 9.18 Å². The summed E-state index contributed by atoms with van der Waals surface area (Å²) in [6.07, 6.45) is 5.55. The Kier molecular flexibility index (Phi) is 4.97. The van der Waals surface area contributed by atoms with Crippen LogP contribution in [0.1, 0.15) is 38.1 Å². The summed E-state index contributed by atoms with van der Waals surface area (Å²) in [6.45, 7) is 5.85. The minimum atomic E-state index is -0.217. The molecule has 1 fully saturated rings. The minimum Gasteiger partial charge on any atom is -0.335 e. The Bertz CT molecular complexity index is 706. The van der Waals surface area contributed by atoms with Gasteiger partial charge in [0, 0.05) is 30.4 Å². The van der Waals surface area contributed by atoms with Crippen molar-refractivity contribution in [1.29, 1.82) is 0 Å². The van der Waals surface area contributed by atoms with E-state index in [1.54, 1.807) is 18.3 Å². The quantitative estimate of drug-likeness (QED) is 0.780. The van der Waals surface area contributed by atoms with Crippen LogP contribution in [-0.2, 0) is 17.9 Å². The largest absolute Gasteiger partial charge is 0.335 e. The van der Waals surface area contributed by atoms with Gasteiger partial charge in [-0.25, -0.2) is 9.37 Å². The van der Waals surface area contributed by atoms with Gasteiger partial charge in [-0.3, -0.25) is 4.79 Å². The van der Waals surface area contributed by atoms with E-state index >= 15 is 0 Å². The van der Waals surface area contributed by atoms with Gasteiger partial charge in [0.05, 0.1) is 13.1 Å². The molecule has 1 saturated carbocycles. The summed E-state index contributed by atoms with van der Waals surface area (Å²) in [6, 6.07) is 6.76. The van der Waals surface area contributed by atoms with E-state index in [4.69, 9.17) is 0 Å². The fraction of sp³-hybridized carbons (Fsp3) is 0.474. The van der Waals surface area contributed by atoms with Gasteiger partial charge >= 0.3 is 0 Å². The highest BCUT2D eigenvalue weighted by atomic mass is 19.1. The molecule has 0 saturated heterocycles. The predicted octanol–water partition coefficient (Wildman–Crippen LogP) is 3.47. The van der Waals surface area contributed by atoms with Crippen molar-refractivity contribution in [2.75, 3.05) is 6.54 Å². The van der Waals surface area contributed by atoms with Crippen LogP contribution in [-0.4, -0.2) is 26.9 Å². The number of aromatic nitrogens is 2. The molecule has 1 aromatic heterocycles. The van der Waals surface area contributed by atoms with Gasteiger partial charge in [0.2, 0.25) is 5.91 Å². The molecule has 0 atom stereocenters. The summed E-state index contributed by atoms with van der Waals surface area (Å²) in [5.41, 5.74) is 0.626. The number of halogens is 1. The molecule has 4 nitrogen and oxygen atoms in total. The lowest BCUT2D eigenvalue weighted by Gasteiger charge is -2.25. The first-order chi connectivity index (χ1) is 11.5. The number of amides is 1. The smallest absolute Gasteiger partial charge is 0.226 e. The fourth-order valence-electron chi connectivity index (χ4n) is 2.88. The first kappa shape index (κ1) is 16.7. The van der Waals surface area contributed by atoms with Crippen LogP contribution in [0.2, 0.25) is 0 Å². The lowest BCUT2D eigenvalue weighted by atomic mass is 10.2. The van der Waals surface area contributed by atoms with Gasteiger partial charge in [0.15, 0.2) is 0 Å². The maximum atomic E-state index is 13.9. The molecule has 0 N–H and O–H groups in total. The molecule has 1 heterocycles. The molecule has 1 amide bonds. The van der Waals surface area contributed by atoms with Gasteiger partial charge < -0.3 is 9.47 Å². The number of benzene rings is 1. The standard InChI is InChI=1S/C19H24FN3O/c1-14(2)11-23(19(24)15-7-8-15)13-18-21-9-10-22(18)12-16-5-3-4-6-17(16)20/h3-6,9-10,14-15H,7-8,11-13H2,1-2H3. The van der Waals surface area contributed by atoms with E-state index in [1.165, 1.54) is 6.07 Å². The SMILES string of the molecule is CC(C)CN(Cc1nccn1Cc1ccccc1F)C(=O)C1CC1. The Morgan fingerprint density at radius 3 is 2.79 bits per heavy atom. The van der Waals surface area contributed by atoms with Crippen molar-refractivity contribution in [3.05, 3.63) is 53.9 Å². The van der Waals surface area contributed by atoms with Crippen LogP contribution in [0.15, 0.2) is 36.7 Å². The average molecular weight is 329 g/mol. The summed E-state index contributed by atoms with van der Waals surface area (Å²) in [5.74, 6) is 1.41. The number of imidazole rings is 1. The van der Waals surface area contributed by atoms with Crippen molar-refractivity contribution >= 4 is 5.91 Å². The molecule has 1 aromatic carbocycles. The van der Waals surface area contributed by atoms with Gasteiger partial charge in [0.1, 0.15) is 11.6 Å². The molecule has 0 radical (unpaired) electrons. The molecular formula is C19H24FN3O. The molecule has 0 aliphatic heterocycles. The topological polar surface area (TPSA) is 38.1 Å². The Balaban J connectivity index is 1.75. The van der Waals surface area contributed by atoms with Crippen molar-refractivity contribution in [2.24, 2.45) is 11.8 Å². The molecule has 2 aromatic rings. The Hall–Kier alpha value is -2.17. The van der Waals surface area contributed by atoms with E-state index in [1.807, 2.05) is 21.7 Å². The summed E-state index contributed by atoms with van der Waals surface area (Å²) in [7, 11) is 0. The van der Waals surface area contributed by atoms with Crippen LogP contribution < -0.4 is 0 Å². The molecular weight excluding hydrogens is 305 g/mol. The second kappa shape index (κ2) is 7.16. The highest BCUT2D eigenvalue weighted by Crippen LogP contribution is 2.31. The highest BCUT2D eigenvalue weighted by molar-refractivity contribution is 5.81. The van der Waals surface area contributed by atoms with E-state index in [0.717, 1.165) is 25.2 Å². The molecule has 3 rings (SSSR count). The third-order valence-electron chi connectivity index (χ3n) is 4.26. The molecule has 0 spiro atoms. The molecule has 0 bridgehead atoms. The van der Waals surface area contributed by atoms with Crippen LogP contribution in [0.25, 0.3) is 0 Å². The van der Waals surface area contributed by atoms with Crippen LogP contribution in [0.3, 0.4) is 0 Å². The number of carbonyl (C=O) groups is 1. The van der Waals surface area contributed by atoms with Crippen LogP contribution >= 0.6 is 0 Å². The second-order valence-electron chi connectivity index (χ2n) is 6.95. The van der Waals surface area contributed by atoms with E-state index in [0.29, 0.717) is 24.6 Å². The normalized spacial score (nSPS) is 14.2. The molecule has 128 valence electrons. The summed E-state index contributed by atoms with van der Waals surface area (Å²) < 4.78 is 15.8. The zero-order valence-corrected chi connectivity index (χ0v) is 14.3. The number of hydrogen-bond acceptors (Lipinski definition) is 2. The van der Waals surface area contributed by atoms with Gasteiger partial charge in [0.25, 0.3) is 0 Å². The Morgan fingerprint density at radius 2 is 2.12 bits per heavy atom. The maximum absolute atomic E-state index is 13.9. The summed E-state index contributed by atoms with van der Waals surface area (Å²) in [5, 5.41) is 0. The Morgan fingerprint density at radius 1 is 1.38 bits per heavy atom. The zero-order chi connectivity index (χ0) is 17.1. The van der Waals surface area contributed by atoms with E-state index in [2.05, 4.69) is 18.8 Å². The first-order valence-corrected chi connectivity index (χ1v) is 8.56. The van der Waals surface area contributed by atoms with Gasteiger partial charge in [-0.1, -0.05) is 32.0 Å². The number of nitrogens with zero attached hydrogens (tertiary/aromatic N) is 3. The minimum absolute atomic E-state index is 0.193. The average Bonchev–Trinajstić information content (AvgIpc) is 3.30. The number of hydrogen-bond donors (Lipinski definition) is 0. The third kappa shape index (κ3) is 4.02. The monoisotopic (exact) mass is 329 g/mol. The summed E-state index contributed by atoms with van der Waals surface area (Å²) in [4.78, 5) is 18.8. The fourth-order valence-corrected chi connectivity index (χ4v) is 2.88. The molecule has 24 heavy (non-hydrogen) atoms. The Labute approximate surface area is 142 Å². The van der Waals surface area contributed by atoms with Crippen molar-refractivity contribution in [1.82, 2.24) is 14.5 Å². The van der Waals surface area contributed by atoms with Crippen LogP contribution in [0.4, 0.5) is 4.39 Å².